The van der Waals surface area contributed by atoms with Crippen LogP contribution >= 0.6 is 0 Å². The summed E-state index contributed by atoms with van der Waals surface area (Å²) in [4.78, 5) is 29.6. The van der Waals surface area contributed by atoms with Gasteiger partial charge in [-0.1, -0.05) is 23.8 Å². The Morgan fingerprint density at radius 2 is 1.97 bits per heavy atom. The average molecular weight is 389 g/mol. The van der Waals surface area contributed by atoms with E-state index in [-0.39, 0.29) is 23.6 Å². The normalized spacial score (nSPS) is 11.2. The number of rotatable bonds is 5. The third kappa shape index (κ3) is 4.17. The molecule has 0 saturated carbocycles. The van der Waals surface area contributed by atoms with Crippen molar-refractivity contribution in [3.63, 3.8) is 0 Å². The van der Waals surface area contributed by atoms with Gasteiger partial charge in [0.15, 0.2) is 0 Å². The van der Waals surface area contributed by atoms with Crippen molar-refractivity contribution in [2.75, 3.05) is 6.61 Å². The monoisotopic (exact) mass is 389 g/mol. The van der Waals surface area contributed by atoms with Crippen LogP contribution in [0.5, 0.6) is 11.6 Å². The molecule has 0 unspecified atom stereocenters. The molecule has 2 aromatic heterocycles. The number of carbonyl (C=O) groups excluding carboxylic acids is 1. The zero-order valence-corrected chi connectivity index (χ0v) is 16.3. The van der Waals surface area contributed by atoms with Crippen LogP contribution in [0, 0.1) is 25.2 Å². The second kappa shape index (κ2) is 8.40. The van der Waals surface area contributed by atoms with Crippen LogP contribution in [-0.4, -0.2) is 22.0 Å². The Bertz CT molecular complexity index is 1200. The van der Waals surface area contributed by atoms with Gasteiger partial charge in [0.1, 0.15) is 28.6 Å². The van der Waals surface area contributed by atoms with Gasteiger partial charge < -0.3 is 9.47 Å². The van der Waals surface area contributed by atoms with E-state index in [1.54, 1.807) is 37.4 Å². The van der Waals surface area contributed by atoms with Crippen molar-refractivity contribution in [1.82, 2.24) is 9.38 Å². The SMILES string of the molecule is CCOC(=O)/C(C#N)=C/c1c(Oc2ccc(C)cc2)nc2c(C)cccn2c1=O. The van der Waals surface area contributed by atoms with E-state index in [4.69, 9.17) is 9.47 Å². The third-order valence-electron chi connectivity index (χ3n) is 4.19. The molecule has 3 aromatic rings. The summed E-state index contributed by atoms with van der Waals surface area (Å²) in [5.74, 6) is -0.333. The molecule has 7 nitrogen and oxygen atoms in total. The Balaban J connectivity index is 2.24. The van der Waals surface area contributed by atoms with Gasteiger partial charge in [0.2, 0.25) is 5.88 Å². The number of carbonyl (C=O) groups is 1. The van der Waals surface area contributed by atoms with Gasteiger partial charge in [-0.05, 0) is 50.6 Å². The molecule has 146 valence electrons. The van der Waals surface area contributed by atoms with E-state index in [1.807, 2.05) is 32.0 Å². The lowest BCUT2D eigenvalue weighted by atomic mass is 10.2. The van der Waals surface area contributed by atoms with E-state index >= 15 is 0 Å². The van der Waals surface area contributed by atoms with Crippen molar-refractivity contribution in [1.29, 1.82) is 5.26 Å². The lowest BCUT2D eigenvalue weighted by Gasteiger charge is -2.11. The number of esters is 1. The summed E-state index contributed by atoms with van der Waals surface area (Å²) in [6, 6.07) is 12.5. The van der Waals surface area contributed by atoms with Crippen molar-refractivity contribution in [2.45, 2.75) is 20.8 Å². The highest BCUT2D eigenvalue weighted by atomic mass is 16.5. The van der Waals surface area contributed by atoms with E-state index < -0.39 is 11.5 Å². The molecule has 0 bridgehead atoms. The first kappa shape index (κ1) is 19.8. The topological polar surface area (TPSA) is 93.7 Å². The third-order valence-corrected chi connectivity index (χ3v) is 4.19. The number of pyridine rings is 1. The van der Waals surface area contributed by atoms with Gasteiger partial charge in [-0.2, -0.15) is 10.2 Å². The lowest BCUT2D eigenvalue weighted by Crippen LogP contribution is -2.20. The fourth-order valence-electron chi connectivity index (χ4n) is 2.70. The number of nitrogens with zero attached hydrogens (tertiary/aromatic N) is 3. The summed E-state index contributed by atoms with van der Waals surface area (Å²) < 4.78 is 12.1. The number of aromatic nitrogens is 2. The van der Waals surface area contributed by atoms with E-state index in [9.17, 15) is 14.9 Å². The molecule has 0 radical (unpaired) electrons. The van der Waals surface area contributed by atoms with E-state index in [0.29, 0.717) is 11.4 Å². The van der Waals surface area contributed by atoms with Gasteiger partial charge in [-0.15, -0.1) is 0 Å². The van der Waals surface area contributed by atoms with Crippen LogP contribution in [-0.2, 0) is 9.53 Å². The minimum Gasteiger partial charge on any atom is -0.462 e. The molecule has 0 atom stereocenters. The van der Waals surface area contributed by atoms with Gasteiger partial charge in [0.05, 0.1) is 6.61 Å². The molecule has 3 rings (SSSR count). The number of hydrogen-bond donors (Lipinski definition) is 0. The molecule has 0 N–H and O–H groups in total. The number of benzene rings is 1. The van der Waals surface area contributed by atoms with E-state index in [1.165, 1.54) is 4.40 Å². The Morgan fingerprint density at radius 3 is 2.62 bits per heavy atom. The van der Waals surface area contributed by atoms with E-state index in [2.05, 4.69) is 4.98 Å². The second-order valence-corrected chi connectivity index (χ2v) is 6.33. The quantitative estimate of drug-likeness (QED) is 0.376. The zero-order chi connectivity index (χ0) is 21.0. The molecular weight excluding hydrogens is 370 g/mol. The molecule has 0 saturated heterocycles. The number of ether oxygens (including phenoxy) is 2. The van der Waals surface area contributed by atoms with Crippen LogP contribution in [0.3, 0.4) is 0 Å². The first-order chi connectivity index (χ1) is 13.9. The van der Waals surface area contributed by atoms with Gasteiger partial charge in [0.25, 0.3) is 5.56 Å². The summed E-state index contributed by atoms with van der Waals surface area (Å²) in [7, 11) is 0. The van der Waals surface area contributed by atoms with Crippen molar-refractivity contribution >= 4 is 17.7 Å². The Morgan fingerprint density at radius 1 is 1.24 bits per heavy atom. The highest BCUT2D eigenvalue weighted by Gasteiger charge is 2.18. The molecule has 0 aliphatic heterocycles. The van der Waals surface area contributed by atoms with Crippen LogP contribution < -0.4 is 10.3 Å². The maximum atomic E-state index is 13.1. The smallest absolute Gasteiger partial charge is 0.348 e. The van der Waals surface area contributed by atoms with E-state index in [0.717, 1.165) is 17.2 Å². The predicted octanol–water partition coefficient (Wildman–Crippen LogP) is 3.57. The first-order valence-corrected chi connectivity index (χ1v) is 9.00. The van der Waals surface area contributed by atoms with Gasteiger partial charge in [-0.25, -0.2) is 4.79 Å². The predicted molar refractivity (Wildman–Crippen MR) is 108 cm³/mol. The summed E-state index contributed by atoms with van der Waals surface area (Å²) >= 11 is 0. The molecule has 0 amide bonds. The van der Waals surface area contributed by atoms with Gasteiger partial charge in [-0.3, -0.25) is 9.20 Å². The fourth-order valence-corrected chi connectivity index (χ4v) is 2.70. The average Bonchev–Trinajstić information content (AvgIpc) is 2.70. The number of aryl methyl sites for hydroxylation is 2. The number of hydrogen-bond acceptors (Lipinski definition) is 6. The highest BCUT2D eigenvalue weighted by molar-refractivity contribution is 5.98. The molecule has 0 spiro atoms. The Hall–Kier alpha value is -3.92. The van der Waals surface area contributed by atoms with Crippen molar-refractivity contribution in [3.8, 4) is 17.7 Å². The first-order valence-electron chi connectivity index (χ1n) is 9.00. The standard InChI is InChI=1S/C22H19N3O4/c1-4-28-22(27)16(13-23)12-18-20(29-17-9-7-14(2)8-10-17)24-19-15(3)6-5-11-25(19)21(18)26/h5-12H,4H2,1-3H3/b16-12+. The molecule has 2 heterocycles. The maximum absolute atomic E-state index is 13.1. The molecule has 0 fully saturated rings. The molecule has 1 aromatic carbocycles. The van der Waals surface area contributed by atoms with Crippen molar-refractivity contribution in [2.24, 2.45) is 0 Å². The van der Waals surface area contributed by atoms with Crippen molar-refractivity contribution in [3.05, 3.63) is 75.2 Å². The molecular formula is C22H19N3O4. The highest BCUT2D eigenvalue weighted by Crippen LogP contribution is 2.25. The minimum absolute atomic E-state index is 0.00482. The number of nitriles is 1. The summed E-state index contributed by atoms with van der Waals surface area (Å²) in [5.41, 5.74) is 1.46. The van der Waals surface area contributed by atoms with Crippen LogP contribution in [0.1, 0.15) is 23.6 Å². The van der Waals surface area contributed by atoms with Gasteiger partial charge >= 0.3 is 5.97 Å². The van der Waals surface area contributed by atoms with Crippen LogP contribution in [0.4, 0.5) is 0 Å². The molecule has 0 aliphatic rings. The lowest BCUT2D eigenvalue weighted by molar-refractivity contribution is -0.137. The minimum atomic E-state index is -0.815. The van der Waals surface area contributed by atoms with Crippen LogP contribution in [0.2, 0.25) is 0 Å². The fraction of sp³-hybridized carbons (Fsp3) is 0.182. The molecule has 7 heteroatoms. The van der Waals surface area contributed by atoms with Crippen molar-refractivity contribution < 1.29 is 14.3 Å². The maximum Gasteiger partial charge on any atom is 0.348 e. The number of fused-ring (bicyclic) bond motifs is 1. The summed E-state index contributed by atoms with van der Waals surface area (Å²) in [6.45, 7) is 5.51. The largest absolute Gasteiger partial charge is 0.462 e. The molecule has 0 aliphatic carbocycles. The Kier molecular flexibility index (Phi) is 5.74. The zero-order valence-electron chi connectivity index (χ0n) is 16.3. The van der Waals surface area contributed by atoms with Gasteiger partial charge in [0, 0.05) is 6.20 Å². The van der Waals surface area contributed by atoms with Crippen LogP contribution in [0.25, 0.3) is 11.7 Å². The summed E-state index contributed by atoms with van der Waals surface area (Å²) in [5, 5.41) is 9.35. The second-order valence-electron chi connectivity index (χ2n) is 6.33. The Labute approximate surface area is 167 Å². The summed E-state index contributed by atoms with van der Waals surface area (Å²) in [6.07, 6.45) is 2.73. The molecule has 29 heavy (non-hydrogen) atoms. The van der Waals surface area contributed by atoms with Crippen LogP contribution in [0.15, 0.2) is 53.0 Å².